The molecule has 6 heteroatoms. The Labute approximate surface area is 128 Å². The molecule has 0 saturated carbocycles. The Hall–Kier alpha value is -1.69. The Morgan fingerprint density at radius 1 is 1.41 bits per heavy atom. The number of benzene rings is 1. The van der Waals surface area contributed by atoms with Crippen LogP contribution in [0, 0.1) is 5.82 Å². The Bertz CT molecular complexity index is 537. The lowest BCUT2D eigenvalue weighted by Gasteiger charge is -2.09. The van der Waals surface area contributed by atoms with E-state index in [1.54, 1.807) is 6.08 Å². The maximum Gasteiger partial charge on any atom is 0.165 e. The molecule has 1 aromatic rings. The topological polar surface area (TPSA) is 90.2 Å². The molecule has 0 radical (unpaired) electrons. The smallest absolute Gasteiger partial charge is 0.165 e. The van der Waals surface area contributed by atoms with Crippen LogP contribution in [0.15, 0.2) is 35.6 Å². The monoisotopic (exact) mass is 312 g/mol. The second-order valence-corrected chi connectivity index (χ2v) is 4.89. The zero-order chi connectivity index (χ0) is 16.5. The van der Waals surface area contributed by atoms with Gasteiger partial charge < -0.3 is 25.2 Å². The number of aromatic hydroxyl groups is 1. The molecular weight excluding hydrogens is 291 g/mol. The minimum absolute atomic E-state index is 0.187. The quantitative estimate of drug-likeness (QED) is 0.545. The number of phenolic OH excluding ortho intramolecular Hbond substituents is 1. The normalized spacial score (nSPS) is 13.3. The number of ether oxygens (including phenoxy) is 1. The van der Waals surface area contributed by atoms with Gasteiger partial charge in [-0.25, -0.2) is 4.39 Å². The van der Waals surface area contributed by atoms with Crippen molar-refractivity contribution in [2.24, 2.45) is 0 Å². The molecular formula is C16H21FO5. The van der Waals surface area contributed by atoms with E-state index >= 15 is 0 Å². The molecule has 1 aromatic carbocycles. The van der Waals surface area contributed by atoms with E-state index in [0.717, 1.165) is 6.07 Å². The van der Waals surface area contributed by atoms with Gasteiger partial charge in [0, 0.05) is 20.0 Å². The first-order valence-electron chi connectivity index (χ1n) is 6.85. The highest BCUT2D eigenvalue weighted by Gasteiger charge is 2.09. The summed E-state index contributed by atoms with van der Waals surface area (Å²) in [7, 11) is 1.50. The van der Waals surface area contributed by atoms with E-state index in [1.165, 1.54) is 19.2 Å². The molecule has 0 aliphatic rings. The fourth-order valence-corrected chi connectivity index (χ4v) is 1.86. The molecule has 0 unspecified atom stereocenters. The van der Waals surface area contributed by atoms with Crippen molar-refractivity contribution in [2.75, 3.05) is 20.3 Å². The molecule has 4 N–H and O–H groups in total. The van der Waals surface area contributed by atoms with Crippen LogP contribution in [0.3, 0.4) is 0 Å². The van der Waals surface area contributed by atoms with Gasteiger partial charge in [0.1, 0.15) is 0 Å². The van der Waals surface area contributed by atoms with E-state index in [-0.39, 0.29) is 26.1 Å². The first-order valence-corrected chi connectivity index (χ1v) is 6.85. The molecule has 0 spiro atoms. The van der Waals surface area contributed by atoms with Gasteiger partial charge in [0.25, 0.3) is 0 Å². The highest BCUT2D eigenvalue weighted by atomic mass is 19.1. The molecule has 2 atom stereocenters. The summed E-state index contributed by atoms with van der Waals surface area (Å²) in [4.78, 5) is 0. The van der Waals surface area contributed by atoms with Crippen molar-refractivity contribution in [3.8, 4) is 5.75 Å². The van der Waals surface area contributed by atoms with Crippen LogP contribution in [-0.2, 0) is 4.74 Å². The molecule has 0 amide bonds. The van der Waals surface area contributed by atoms with Crippen LogP contribution in [0.1, 0.15) is 24.5 Å². The van der Waals surface area contributed by atoms with Crippen molar-refractivity contribution in [1.82, 2.24) is 0 Å². The summed E-state index contributed by atoms with van der Waals surface area (Å²) in [5, 5.41) is 37.3. The van der Waals surface area contributed by atoms with Crippen LogP contribution in [0.5, 0.6) is 5.75 Å². The summed E-state index contributed by atoms with van der Waals surface area (Å²) in [6, 6.07) is 3.69. The SMILES string of the molecule is COCC(=C=CC[C@@H](O)c1ccc(O)c(F)c1)C[C@@H](O)CO. The Morgan fingerprint density at radius 3 is 2.73 bits per heavy atom. The molecule has 5 nitrogen and oxygen atoms in total. The molecule has 122 valence electrons. The molecule has 0 aliphatic carbocycles. The average molecular weight is 312 g/mol. The van der Waals surface area contributed by atoms with Crippen molar-refractivity contribution in [3.63, 3.8) is 0 Å². The van der Waals surface area contributed by atoms with E-state index in [0.29, 0.717) is 11.1 Å². The minimum atomic E-state index is -0.936. The Balaban J connectivity index is 2.74. The molecule has 22 heavy (non-hydrogen) atoms. The van der Waals surface area contributed by atoms with Crippen molar-refractivity contribution in [3.05, 3.63) is 47.0 Å². The van der Waals surface area contributed by atoms with E-state index in [1.807, 2.05) is 0 Å². The first kappa shape index (κ1) is 18.4. The van der Waals surface area contributed by atoms with E-state index < -0.39 is 23.8 Å². The molecule has 1 rings (SSSR count). The fraction of sp³-hybridized carbons (Fsp3) is 0.438. The Kier molecular flexibility index (Phi) is 7.80. The fourth-order valence-electron chi connectivity index (χ4n) is 1.86. The Morgan fingerprint density at radius 2 is 2.14 bits per heavy atom. The van der Waals surface area contributed by atoms with Crippen LogP contribution >= 0.6 is 0 Å². The summed E-state index contributed by atoms with van der Waals surface area (Å²) in [5.41, 5.74) is 3.90. The van der Waals surface area contributed by atoms with Gasteiger partial charge in [-0.3, -0.25) is 0 Å². The lowest BCUT2D eigenvalue weighted by Crippen LogP contribution is -2.14. The average Bonchev–Trinajstić information content (AvgIpc) is 2.49. The van der Waals surface area contributed by atoms with Crippen molar-refractivity contribution in [1.29, 1.82) is 0 Å². The first-order chi connectivity index (χ1) is 10.5. The second kappa shape index (κ2) is 9.35. The van der Waals surface area contributed by atoms with Gasteiger partial charge in [0.2, 0.25) is 0 Å². The maximum atomic E-state index is 13.2. The number of rotatable bonds is 8. The number of halogens is 1. The molecule has 0 heterocycles. The number of hydrogen-bond acceptors (Lipinski definition) is 5. The molecule has 0 aromatic heterocycles. The summed E-state index contributed by atoms with van der Waals surface area (Å²) in [6.07, 6.45) is 0.141. The van der Waals surface area contributed by atoms with Crippen LogP contribution in [-0.4, -0.2) is 46.9 Å². The lowest BCUT2D eigenvalue weighted by molar-refractivity contribution is 0.0914. The van der Waals surface area contributed by atoms with Gasteiger partial charge in [0.05, 0.1) is 25.4 Å². The molecule has 0 fully saturated rings. The number of phenols is 1. The van der Waals surface area contributed by atoms with E-state index in [2.05, 4.69) is 5.73 Å². The van der Waals surface area contributed by atoms with E-state index in [4.69, 9.17) is 14.9 Å². The summed E-state index contributed by atoms with van der Waals surface area (Å²) >= 11 is 0. The molecule has 0 bridgehead atoms. The van der Waals surface area contributed by atoms with Crippen LogP contribution < -0.4 is 0 Å². The second-order valence-electron chi connectivity index (χ2n) is 4.89. The van der Waals surface area contributed by atoms with Gasteiger partial charge in [-0.05, 0) is 29.3 Å². The van der Waals surface area contributed by atoms with Gasteiger partial charge in [-0.15, -0.1) is 5.73 Å². The predicted molar refractivity (Wildman–Crippen MR) is 78.8 cm³/mol. The number of methoxy groups -OCH3 is 1. The summed E-state index contributed by atoms with van der Waals surface area (Å²) in [6.45, 7) is -0.109. The van der Waals surface area contributed by atoms with Crippen molar-refractivity contribution >= 4 is 0 Å². The largest absolute Gasteiger partial charge is 0.505 e. The maximum absolute atomic E-state index is 13.2. The lowest BCUT2D eigenvalue weighted by atomic mass is 10.1. The van der Waals surface area contributed by atoms with Gasteiger partial charge >= 0.3 is 0 Å². The van der Waals surface area contributed by atoms with Gasteiger partial charge in [-0.1, -0.05) is 6.07 Å². The van der Waals surface area contributed by atoms with Crippen molar-refractivity contribution < 1.29 is 29.6 Å². The third kappa shape index (κ3) is 5.97. The molecule has 0 aliphatic heterocycles. The zero-order valence-corrected chi connectivity index (χ0v) is 12.4. The standard InChI is InChI=1S/C16H21FO5/c1-22-10-11(7-13(19)9-18)3-2-4-15(20)12-5-6-16(21)14(17)8-12/h2,5-6,8,13,15,18-21H,4,7,9-10H2,1H3/t3?,13-,15-/m1/s1. The summed E-state index contributed by atoms with van der Waals surface area (Å²) < 4.78 is 18.2. The van der Waals surface area contributed by atoms with Gasteiger partial charge in [0.15, 0.2) is 11.6 Å². The minimum Gasteiger partial charge on any atom is -0.505 e. The third-order valence-electron chi connectivity index (χ3n) is 3.02. The number of aliphatic hydroxyl groups is 3. The molecule has 0 saturated heterocycles. The number of aliphatic hydroxyl groups excluding tert-OH is 3. The number of hydrogen-bond donors (Lipinski definition) is 4. The predicted octanol–water partition coefficient (Wildman–Crippen LogP) is 1.43. The highest BCUT2D eigenvalue weighted by molar-refractivity contribution is 5.29. The van der Waals surface area contributed by atoms with E-state index in [9.17, 15) is 14.6 Å². The van der Waals surface area contributed by atoms with Crippen molar-refractivity contribution in [2.45, 2.75) is 25.0 Å². The van der Waals surface area contributed by atoms with Crippen LogP contribution in [0.2, 0.25) is 0 Å². The van der Waals surface area contributed by atoms with Gasteiger partial charge in [-0.2, -0.15) is 0 Å². The summed E-state index contributed by atoms with van der Waals surface area (Å²) in [5.74, 6) is -1.26. The van der Waals surface area contributed by atoms with Crippen LogP contribution in [0.4, 0.5) is 4.39 Å². The third-order valence-corrected chi connectivity index (χ3v) is 3.02. The highest BCUT2D eigenvalue weighted by Crippen LogP contribution is 2.23. The zero-order valence-electron chi connectivity index (χ0n) is 12.4. The van der Waals surface area contributed by atoms with Crippen LogP contribution in [0.25, 0.3) is 0 Å².